The van der Waals surface area contributed by atoms with Gasteiger partial charge in [-0.25, -0.2) is 0 Å². The zero-order valence-electron chi connectivity index (χ0n) is 16.0. The summed E-state index contributed by atoms with van der Waals surface area (Å²) in [7, 11) is 1.76. The molecular weight excluding hydrogens is 300 g/mol. The average molecular weight is 332 g/mol. The fraction of sp³-hybridized carbons (Fsp3) is 0.579. The zero-order chi connectivity index (χ0) is 18.3. The van der Waals surface area contributed by atoms with Crippen LogP contribution in [0.1, 0.15) is 57.5 Å². The molecule has 1 aromatic rings. The minimum absolute atomic E-state index is 0.0553. The minimum Gasteiger partial charge on any atom is -0.354 e. The molecule has 1 unspecified atom stereocenters. The second-order valence-electron chi connectivity index (χ2n) is 7.51. The molecule has 0 aliphatic heterocycles. The molecule has 0 saturated carbocycles. The van der Waals surface area contributed by atoms with Crippen molar-refractivity contribution >= 4 is 11.9 Å². The smallest absolute Gasteiger partial charge is 0.251 e. The third-order valence-electron chi connectivity index (χ3n) is 3.73. The predicted octanol–water partition coefficient (Wildman–Crippen LogP) is 2.92. The normalized spacial score (nSPS) is 13.6. The first-order valence-corrected chi connectivity index (χ1v) is 8.51. The average Bonchev–Trinajstić information content (AvgIpc) is 2.49. The lowest BCUT2D eigenvalue weighted by atomic mass is 10.1. The van der Waals surface area contributed by atoms with Gasteiger partial charge in [0.15, 0.2) is 5.96 Å². The summed E-state index contributed by atoms with van der Waals surface area (Å²) >= 11 is 0. The Bertz CT molecular complexity index is 573. The summed E-state index contributed by atoms with van der Waals surface area (Å²) in [6, 6.07) is 7.98. The van der Waals surface area contributed by atoms with Gasteiger partial charge in [-0.2, -0.15) is 0 Å². The number of benzene rings is 1. The van der Waals surface area contributed by atoms with Crippen LogP contribution in [0, 0.1) is 5.92 Å². The molecule has 24 heavy (non-hydrogen) atoms. The van der Waals surface area contributed by atoms with Crippen LogP contribution in [-0.4, -0.2) is 30.5 Å². The third-order valence-corrected chi connectivity index (χ3v) is 3.73. The van der Waals surface area contributed by atoms with Gasteiger partial charge in [-0.1, -0.05) is 26.0 Å². The summed E-state index contributed by atoms with van der Waals surface area (Å²) in [6.07, 6.45) is 0. The van der Waals surface area contributed by atoms with E-state index in [-0.39, 0.29) is 11.4 Å². The maximum absolute atomic E-state index is 12.3. The van der Waals surface area contributed by atoms with Crippen molar-refractivity contribution in [1.29, 1.82) is 0 Å². The van der Waals surface area contributed by atoms with Gasteiger partial charge in [-0.05, 0) is 51.3 Å². The molecule has 0 radical (unpaired) electrons. The number of nitrogens with zero attached hydrogens (tertiary/aromatic N) is 1. The molecule has 5 nitrogen and oxygen atoms in total. The van der Waals surface area contributed by atoms with Crippen LogP contribution < -0.4 is 16.0 Å². The Kier molecular flexibility index (Phi) is 7.26. The molecule has 1 rings (SSSR count). The van der Waals surface area contributed by atoms with Crippen LogP contribution in [-0.2, 0) is 6.54 Å². The second kappa shape index (κ2) is 8.71. The van der Waals surface area contributed by atoms with Gasteiger partial charge >= 0.3 is 0 Å². The lowest BCUT2D eigenvalue weighted by molar-refractivity contribution is 0.0919. The van der Waals surface area contributed by atoms with Crippen molar-refractivity contribution in [1.82, 2.24) is 16.0 Å². The summed E-state index contributed by atoms with van der Waals surface area (Å²) in [5.41, 5.74) is 1.46. The fourth-order valence-electron chi connectivity index (χ4n) is 2.00. The molecule has 0 spiro atoms. The van der Waals surface area contributed by atoms with E-state index in [4.69, 9.17) is 0 Å². The summed E-state index contributed by atoms with van der Waals surface area (Å²) < 4.78 is 0. The number of amides is 1. The molecular formula is C19H32N4O. The Morgan fingerprint density at radius 3 is 2.42 bits per heavy atom. The molecule has 1 atom stereocenters. The van der Waals surface area contributed by atoms with E-state index in [1.54, 1.807) is 7.05 Å². The van der Waals surface area contributed by atoms with Gasteiger partial charge in [-0.15, -0.1) is 0 Å². The molecule has 0 aliphatic carbocycles. The highest BCUT2D eigenvalue weighted by atomic mass is 16.1. The van der Waals surface area contributed by atoms with E-state index in [9.17, 15) is 4.79 Å². The van der Waals surface area contributed by atoms with Crippen molar-refractivity contribution in [2.24, 2.45) is 10.9 Å². The predicted molar refractivity (Wildman–Crippen MR) is 101 cm³/mol. The molecule has 134 valence electrons. The van der Waals surface area contributed by atoms with Crippen LogP contribution in [0.4, 0.5) is 0 Å². The van der Waals surface area contributed by atoms with Crippen molar-refractivity contribution in [3.05, 3.63) is 35.4 Å². The number of carbonyl (C=O) groups is 1. The van der Waals surface area contributed by atoms with Gasteiger partial charge in [0.2, 0.25) is 0 Å². The third kappa shape index (κ3) is 7.02. The molecule has 1 amide bonds. The molecule has 0 aromatic heterocycles. The van der Waals surface area contributed by atoms with Gasteiger partial charge in [0.05, 0.1) is 0 Å². The summed E-state index contributed by atoms with van der Waals surface area (Å²) in [5.74, 6) is 1.23. The fourth-order valence-corrected chi connectivity index (χ4v) is 2.00. The Hall–Kier alpha value is -2.04. The first-order valence-electron chi connectivity index (χ1n) is 8.51. The van der Waals surface area contributed by atoms with Gasteiger partial charge in [-0.3, -0.25) is 9.79 Å². The van der Waals surface area contributed by atoms with Crippen molar-refractivity contribution < 1.29 is 4.79 Å². The van der Waals surface area contributed by atoms with Gasteiger partial charge in [0, 0.05) is 30.7 Å². The van der Waals surface area contributed by atoms with E-state index in [0.29, 0.717) is 24.1 Å². The SMILES string of the molecule is CN=C(NCc1cccc(C(=O)NC(C)(C)C)c1)NC(C)C(C)C. The maximum atomic E-state index is 12.3. The molecule has 0 aliphatic rings. The van der Waals surface area contributed by atoms with E-state index >= 15 is 0 Å². The lowest BCUT2D eigenvalue weighted by Crippen LogP contribution is -2.44. The minimum atomic E-state index is -0.246. The van der Waals surface area contributed by atoms with E-state index in [1.807, 2.05) is 45.0 Å². The summed E-state index contributed by atoms with van der Waals surface area (Å²) in [6.45, 7) is 13.0. The highest BCUT2D eigenvalue weighted by Gasteiger charge is 2.15. The molecule has 0 saturated heterocycles. The number of aliphatic imine (C=N–C) groups is 1. The van der Waals surface area contributed by atoms with Crippen LogP contribution in [0.25, 0.3) is 0 Å². The number of hydrogen-bond donors (Lipinski definition) is 3. The Labute approximate surface area is 146 Å². The summed E-state index contributed by atoms with van der Waals surface area (Å²) in [5, 5.41) is 9.64. The molecule has 0 bridgehead atoms. The van der Waals surface area contributed by atoms with Crippen molar-refractivity contribution in [2.75, 3.05) is 7.05 Å². The second-order valence-corrected chi connectivity index (χ2v) is 7.51. The number of carbonyl (C=O) groups excluding carboxylic acids is 1. The molecule has 0 fully saturated rings. The first-order chi connectivity index (χ1) is 11.1. The van der Waals surface area contributed by atoms with E-state index in [1.165, 1.54) is 0 Å². The van der Waals surface area contributed by atoms with Crippen LogP contribution in [0.15, 0.2) is 29.3 Å². The number of hydrogen-bond acceptors (Lipinski definition) is 2. The first kappa shape index (κ1) is 20.0. The van der Waals surface area contributed by atoms with Crippen molar-refractivity contribution in [3.63, 3.8) is 0 Å². The highest BCUT2D eigenvalue weighted by molar-refractivity contribution is 5.94. The Morgan fingerprint density at radius 2 is 1.88 bits per heavy atom. The highest BCUT2D eigenvalue weighted by Crippen LogP contribution is 2.08. The number of nitrogens with one attached hydrogen (secondary N) is 3. The monoisotopic (exact) mass is 332 g/mol. The van der Waals surface area contributed by atoms with Gasteiger partial charge in [0.1, 0.15) is 0 Å². The quantitative estimate of drug-likeness (QED) is 0.574. The lowest BCUT2D eigenvalue weighted by Gasteiger charge is -2.21. The van der Waals surface area contributed by atoms with E-state index in [0.717, 1.165) is 11.5 Å². The van der Waals surface area contributed by atoms with Gasteiger partial charge in [0.25, 0.3) is 5.91 Å². The molecule has 0 heterocycles. The maximum Gasteiger partial charge on any atom is 0.251 e. The van der Waals surface area contributed by atoms with Crippen molar-refractivity contribution in [2.45, 2.75) is 59.7 Å². The summed E-state index contributed by atoms with van der Waals surface area (Å²) in [4.78, 5) is 16.5. The van der Waals surface area contributed by atoms with E-state index in [2.05, 4.69) is 41.7 Å². The molecule has 3 N–H and O–H groups in total. The largest absolute Gasteiger partial charge is 0.354 e. The topological polar surface area (TPSA) is 65.5 Å². The van der Waals surface area contributed by atoms with Gasteiger partial charge < -0.3 is 16.0 Å². The Morgan fingerprint density at radius 1 is 1.21 bits per heavy atom. The van der Waals surface area contributed by atoms with Crippen LogP contribution in [0.5, 0.6) is 0 Å². The van der Waals surface area contributed by atoms with Crippen LogP contribution >= 0.6 is 0 Å². The number of rotatable bonds is 5. The van der Waals surface area contributed by atoms with E-state index < -0.39 is 0 Å². The number of guanidine groups is 1. The Balaban J connectivity index is 2.69. The molecule has 1 aromatic carbocycles. The van der Waals surface area contributed by atoms with Crippen molar-refractivity contribution in [3.8, 4) is 0 Å². The zero-order valence-corrected chi connectivity index (χ0v) is 16.0. The van der Waals surface area contributed by atoms with Crippen LogP contribution in [0.3, 0.4) is 0 Å². The van der Waals surface area contributed by atoms with Crippen LogP contribution in [0.2, 0.25) is 0 Å². The standard InChI is InChI=1S/C19H32N4O/c1-13(2)14(3)22-18(20-7)21-12-15-9-8-10-16(11-15)17(24)23-19(4,5)6/h8-11,13-14H,12H2,1-7H3,(H,23,24)(H2,20,21,22). The molecule has 5 heteroatoms.